The second kappa shape index (κ2) is 8.77. The highest BCUT2D eigenvalue weighted by molar-refractivity contribution is 7.90. The predicted molar refractivity (Wildman–Crippen MR) is 96.0 cm³/mol. The average molecular weight is 355 g/mol. The van der Waals surface area contributed by atoms with Gasteiger partial charge in [0.05, 0.1) is 19.0 Å². The number of guanidine groups is 1. The molecule has 1 aliphatic rings. The molecule has 1 aromatic rings. The van der Waals surface area contributed by atoms with Gasteiger partial charge in [-0.05, 0) is 25.5 Å². The Hall–Kier alpha value is -1.96. The van der Waals surface area contributed by atoms with Crippen molar-refractivity contribution < 1.29 is 17.9 Å². The van der Waals surface area contributed by atoms with E-state index in [1.165, 1.54) is 6.26 Å². The van der Waals surface area contributed by atoms with E-state index in [0.29, 0.717) is 44.4 Å². The zero-order valence-electron chi connectivity index (χ0n) is 14.2. The van der Waals surface area contributed by atoms with Crippen molar-refractivity contribution in [3.05, 3.63) is 18.2 Å². The van der Waals surface area contributed by atoms with Gasteiger partial charge in [-0.25, -0.2) is 8.42 Å². The molecule has 1 aliphatic heterocycles. The van der Waals surface area contributed by atoms with Crippen molar-refractivity contribution in [2.45, 2.75) is 19.8 Å². The first kappa shape index (κ1) is 18.4. The van der Waals surface area contributed by atoms with Gasteiger partial charge in [0.15, 0.2) is 17.5 Å². The van der Waals surface area contributed by atoms with Crippen LogP contribution in [0.1, 0.15) is 19.8 Å². The lowest BCUT2D eigenvalue weighted by molar-refractivity contribution is 0.297. The third kappa shape index (κ3) is 6.27. The maximum atomic E-state index is 11.2. The van der Waals surface area contributed by atoms with E-state index in [9.17, 15) is 8.42 Å². The van der Waals surface area contributed by atoms with Crippen LogP contribution < -0.4 is 20.1 Å². The van der Waals surface area contributed by atoms with Crippen molar-refractivity contribution in [3.63, 3.8) is 0 Å². The number of anilines is 1. The van der Waals surface area contributed by atoms with Crippen LogP contribution in [0.15, 0.2) is 23.2 Å². The number of hydrogen-bond acceptors (Lipinski definition) is 5. The average Bonchev–Trinajstić information content (AvgIpc) is 2.75. The summed E-state index contributed by atoms with van der Waals surface area (Å²) in [6.45, 7) is 4.41. The minimum absolute atomic E-state index is 0.139. The Bertz CT molecular complexity index is 674. The van der Waals surface area contributed by atoms with Gasteiger partial charge in [-0.2, -0.15) is 0 Å². The largest absolute Gasteiger partial charge is 0.490 e. The summed E-state index contributed by atoms with van der Waals surface area (Å²) in [5.41, 5.74) is 0.835. The van der Waals surface area contributed by atoms with Gasteiger partial charge < -0.3 is 20.1 Å². The molecule has 0 bridgehead atoms. The molecule has 134 valence electrons. The maximum Gasteiger partial charge on any atom is 0.195 e. The fourth-order valence-electron chi connectivity index (χ4n) is 2.20. The molecule has 7 nitrogen and oxygen atoms in total. The standard InChI is InChI=1S/C16H25N3O4S/c1-3-17-16(18-8-4-11-24(2,20)21)19-13-6-7-14-15(12-13)23-10-5-9-22-14/h6-7,12H,3-5,8-11H2,1-2H3,(H2,17,18,19). The van der Waals surface area contributed by atoms with Crippen molar-refractivity contribution in [2.75, 3.05) is 43.6 Å². The molecule has 0 aliphatic carbocycles. The molecule has 1 heterocycles. The summed E-state index contributed by atoms with van der Waals surface area (Å²) in [6, 6.07) is 5.65. The number of nitrogens with zero attached hydrogens (tertiary/aromatic N) is 1. The SMILES string of the molecule is CCNC(=NCCCS(C)(=O)=O)Nc1ccc2c(c1)OCCCO2. The van der Waals surface area contributed by atoms with Gasteiger partial charge in [0.25, 0.3) is 0 Å². The topological polar surface area (TPSA) is 89.0 Å². The van der Waals surface area contributed by atoms with Crippen molar-refractivity contribution in [3.8, 4) is 11.5 Å². The molecular formula is C16H25N3O4S. The van der Waals surface area contributed by atoms with Crippen LogP contribution in [-0.4, -0.2) is 52.7 Å². The lowest BCUT2D eigenvalue weighted by atomic mass is 10.3. The first-order valence-corrected chi connectivity index (χ1v) is 10.2. The minimum Gasteiger partial charge on any atom is -0.490 e. The Balaban J connectivity index is 2.00. The smallest absolute Gasteiger partial charge is 0.195 e. The fourth-order valence-corrected chi connectivity index (χ4v) is 2.86. The van der Waals surface area contributed by atoms with E-state index in [0.717, 1.165) is 17.9 Å². The van der Waals surface area contributed by atoms with Crippen LogP contribution in [0.4, 0.5) is 5.69 Å². The van der Waals surface area contributed by atoms with Gasteiger partial charge in [-0.1, -0.05) is 0 Å². The Morgan fingerprint density at radius 1 is 1.25 bits per heavy atom. The molecule has 8 heteroatoms. The highest BCUT2D eigenvalue weighted by Gasteiger charge is 2.11. The molecule has 1 aromatic carbocycles. The lowest BCUT2D eigenvalue weighted by Gasteiger charge is -2.13. The summed E-state index contributed by atoms with van der Waals surface area (Å²) in [5.74, 6) is 2.21. The molecule has 0 saturated heterocycles. The molecule has 2 rings (SSSR count). The fraction of sp³-hybridized carbons (Fsp3) is 0.562. The van der Waals surface area contributed by atoms with E-state index in [1.807, 2.05) is 25.1 Å². The van der Waals surface area contributed by atoms with Crippen LogP contribution in [0, 0.1) is 0 Å². The van der Waals surface area contributed by atoms with Crippen LogP contribution in [0.5, 0.6) is 11.5 Å². The molecule has 0 fully saturated rings. The van der Waals surface area contributed by atoms with E-state index in [2.05, 4.69) is 15.6 Å². The molecule has 0 saturated carbocycles. The molecule has 2 N–H and O–H groups in total. The van der Waals surface area contributed by atoms with Crippen molar-refractivity contribution in [1.82, 2.24) is 5.32 Å². The molecule has 0 aromatic heterocycles. The molecule has 24 heavy (non-hydrogen) atoms. The predicted octanol–water partition coefficient (Wildman–Crippen LogP) is 1.66. The molecule has 0 unspecified atom stereocenters. The lowest BCUT2D eigenvalue weighted by Crippen LogP contribution is -2.30. The van der Waals surface area contributed by atoms with E-state index in [-0.39, 0.29) is 5.75 Å². The quantitative estimate of drug-likeness (QED) is 0.458. The molecule has 0 spiro atoms. The van der Waals surface area contributed by atoms with Gasteiger partial charge in [-0.15, -0.1) is 0 Å². The van der Waals surface area contributed by atoms with Gasteiger partial charge in [0, 0.05) is 37.5 Å². The zero-order valence-corrected chi connectivity index (χ0v) is 15.0. The Kier molecular flexibility index (Phi) is 6.72. The van der Waals surface area contributed by atoms with Gasteiger partial charge in [0.2, 0.25) is 0 Å². The number of ether oxygens (including phenoxy) is 2. The Labute approximate surface area is 143 Å². The first-order chi connectivity index (χ1) is 11.5. The second-order valence-electron chi connectivity index (χ2n) is 5.58. The molecule has 0 atom stereocenters. The minimum atomic E-state index is -2.95. The normalized spacial score (nSPS) is 14.8. The Morgan fingerprint density at radius 2 is 2.00 bits per heavy atom. The van der Waals surface area contributed by atoms with Crippen molar-refractivity contribution >= 4 is 21.5 Å². The highest BCUT2D eigenvalue weighted by Crippen LogP contribution is 2.32. The van der Waals surface area contributed by atoms with E-state index in [1.54, 1.807) is 0 Å². The highest BCUT2D eigenvalue weighted by atomic mass is 32.2. The molecule has 0 amide bonds. The number of hydrogen-bond donors (Lipinski definition) is 2. The summed E-state index contributed by atoms with van der Waals surface area (Å²) in [4.78, 5) is 4.40. The van der Waals surface area contributed by atoms with Crippen LogP contribution in [0.3, 0.4) is 0 Å². The van der Waals surface area contributed by atoms with Crippen LogP contribution in [0.25, 0.3) is 0 Å². The van der Waals surface area contributed by atoms with Gasteiger partial charge in [0.1, 0.15) is 9.84 Å². The summed E-state index contributed by atoms with van der Waals surface area (Å²) >= 11 is 0. The van der Waals surface area contributed by atoms with Crippen LogP contribution in [-0.2, 0) is 9.84 Å². The maximum absolute atomic E-state index is 11.2. The second-order valence-corrected chi connectivity index (χ2v) is 7.84. The number of rotatable bonds is 6. The summed E-state index contributed by atoms with van der Waals surface area (Å²) in [6.07, 6.45) is 2.59. The summed E-state index contributed by atoms with van der Waals surface area (Å²) < 4.78 is 33.6. The first-order valence-electron chi connectivity index (χ1n) is 8.10. The van der Waals surface area contributed by atoms with Gasteiger partial charge >= 0.3 is 0 Å². The third-order valence-electron chi connectivity index (χ3n) is 3.30. The van der Waals surface area contributed by atoms with Crippen LogP contribution >= 0.6 is 0 Å². The summed E-state index contributed by atoms with van der Waals surface area (Å²) in [5, 5.41) is 6.34. The monoisotopic (exact) mass is 355 g/mol. The summed E-state index contributed by atoms with van der Waals surface area (Å²) in [7, 11) is -2.95. The zero-order chi connectivity index (χ0) is 17.4. The third-order valence-corrected chi connectivity index (χ3v) is 4.33. The number of benzene rings is 1. The van der Waals surface area contributed by atoms with Crippen LogP contribution in [0.2, 0.25) is 0 Å². The van der Waals surface area contributed by atoms with Crippen molar-refractivity contribution in [1.29, 1.82) is 0 Å². The van der Waals surface area contributed by atoms with Crippen molar-refractivity contribution in [2.24, 2.45) is 4.99 Å². The Morgan fingerprint density at radius 3 is 2.71 bits per heavy atom. The van der Waals surface area contributed by atoms with E-state index < -0.39 is 9.84 Å². The number of nitrogens with one attached hydrogen (secondary N) is 2. The molecular weight excluding hydrogens is 330 g/mol. The van der Waals surface area contributed by atoms with Gasteiger partial charge in [-0.3, -0.25) is 4.99 Å². The number of fused-ring (bicyclic) bond motifs is 1. The number of sulfone groups is 1. The van der Waals surface area contributed by atoms with E-state index >= 15 is 0 Å². The number of aliphatic imine (C=N–C) groups is 1. The molecule has 0 radical (unpaired) electrons. The van der Waals surface area contributed by atoms with E-state index in [4.69, 9.17) is 9.47 Å².